The number of aromatic nitrogens is 3. The summed E-state index contributed by atoms with van der Waals surface area (Å²) in [4.78, 5) is 17.7. The summed E-state index contributed by atoms with van der Waals surface area (Å²) in [5.41, 5.74) is 2.06. The molecule has 0 saturated carbocycles. The number of nitrogens with zero attached hydrogens (tertiary/aromatic N) is 4. The number of carbonyl (C=O) groups excluding carboxylic acids is 1. The summed E-state index contributed by atoms with van der Waals surface area (Å²) in [6, 6.07) is 7.97. The molecule has 6 heteroatoms. The van der Waals surface area contributed by atoms with E-state index in [0.29, 0.717) is 25.4 Å². The number of rotatable bonds is 4. The number of amides is 1. The summed E-state index contributed by atoms with van der Waals surface area (Å²) in [5, 5.41) is 4.07. The summed E-state index contributed by atoms with van der Waals surface area (Å²) in [5.74, 6) is 0.950. The molecule has 0 spiro atoms. The fraction of sp³-hybridized carbons (Fsp3) is 0.357. The van der Waals surface area contributed by atoms with Gasteiger partial charge in [0.05, 0.1) is 6.54 Å². The van der Waals surface area contributed by atoms with Gasteiger partial charge in [0, 0.05) is 24.5 Å². The van der Waals surface area contributed by atoms with E-state index in [4.69, 9.17) is 11.6 Å². The van der Waals surface area contributed by atoms with Gasteiger partial charge in [-0.1, -0.05) is 12.1 Å². The van der Waals surface area contributed by atoms with E-state index in [-0.39, 0.29) is 11.8 Å². The molecule has 1 saturated heterocycles. The largest absolute Gasteiger partial charge is 0.312 e. The van der Waals surface area contributed by atoms with Crippen LogP contribution in [-0.2, 0) is 11.3 Å². The average molecular weight is 291 g/mol. The minimum Gasteiger partial charge on any atom is -0.312 e. The van der Waals surface area contributed by atoms with E-state index in [9.17, 15) is 4.79 Å². The molecule has 1 aliphatic rings. The van der Waals surface area contributed by atoms with E-state index in [1.807, 2.05) is 29.2 Å². The molecular weight excluding hydrogens is 276 g/mol. The Bertz CT molecular complexity index is 582. The average Bonchev–Trinajstić information content (AvgIpc) is 3.09. The van der Waals surface area contributed by atoms with Crippen LogP contribution in [0.3, 0.4) is 0 Å². The zero-order valence-electron chi connectivity index (χ0n) is 10.9. The predicted molar refractivity (Wildman–Crippen MR) is 76.7 cm³/mol. The van der Waals surface area contributed by atoms with Crippen LogP contribution in [-0.4, -0.2) is 33.1 Å². The third-order valence-corrected chi connectivity index (χ3v) is 3.92. The molecule has 1 amide bonds. The third kappa shape index (κ3) is 2.67. The van der Waals surface area contributed by atoms with Crippen LogP contribution in [0.25, 0.3) is 0 Å². The van der Waals surface area contributed by atoms with Crippen LogP contribution in [0, 0.1) is 5.92 Å². The van der Waals surface area contributed by atoms with Gasteiger partial charge in [0.15, 0.2) is 0 Å². The summed E-state index contributed by atoms with van der Waals surface area (Å²) in [7, 11) is 0. The first-order chi connectivity index (χ1) is 9.76. The van der Waals surface area contributed by atoms with Crippen molar-refractivity contribution in [2.75, 3.05) is 17.3 Å². The van der Waals surface area contributed by atoms with Crippen molar-refractivity contribution in [3.05, 3.63) is 42.5 Å². The highest BCUT2D eigenvalue weighted by atomic mass is 35.5. The van der Waals surface area contributed by atoms with Crippen molar-refractivity contribution in [2.45, 2.75) is 13.0 Å². The Labute approximate surface area is 122 Å². The van der Waals surface area contributed by atoms with Crippen molar-refractivity contribution in [1.82, 2.24) is 14.8 Å². The zero-order chi connectivity index (χ0) is 13.9. The zero-order valence-corrected chi connectivity index (χ0v) is 11.7. The van der Waals surface area contributed by atoms with Gasteiger partial charge in [-0.15, -0.1) is 11.6 Å². The lowest BCUT2D eigenvalue weighted by atomic mass is 10.1. The van der Waals surface area contributed by atoms with Gasteiger partial charge >= 0.3 is 0 Å². The second kappa shape index (κ2) is 5.63. The highest BCUT2D eigenvalue weighted by molar-refractivity contribution is 6.18. The molecule has 1 fully saturated rings. The summed E-state index contributed by atoms with van der Waals surface area (Å²) >= 11 is 5.84. The minimum atomic E-state index is 0.152. The maximum absolute atomic E-state index is 11.9. The summed E-state index contributed by atoms with van der Waals surface area (Å²) < 4.78 is 1.76. The molecule has 5 nitrogen and oxygen atoms in total. The van der Waals surface area contributed by atoms with Gasteiger partial charge in [0.2, 0.25) is 5.91 Å². The molecule has 1 atom stereocenters. The van der Waals surface area contributed by atoms with Crippen LogP contribution >= 0.6 is 11.6 Å². The monoisotopic (exact) mass is 290 g/mol. The van der Waals surface area contributed by atoms with Crippen molar-refractivity contribution >= 4 is 23.2 Å². The Hall–Kier alpha value is -1.88. The molecular formula is C14H15ClN4O. The van der Waals surface area contributed by atoms with E-state index >= 15 is 0 Å². The Morgan fingerprint density at radius 2 is 2.10 bits per heavy atom. The number of hydrogen-bond acceptors (Lipinski definition) is 3. The van der Waals surface area contributed by atoms with E-state index < -0.39 is 0 Å². The predicted octanol–water partition coefficient (Wildman–Crippen LogP) is 1.92. The molecule has 0 radical (unpaired) electrons. The Kier molecular flexibility index (Phi) is 3.69. The molecule has 0 N–H and O–H groups in total. The molecule has 2 aromatic rings. The standard InChI is InChI=1S/C14H15ClN4O/c15-6-12-5-14(20)19(8-12)13-3-1-11(2-4-13)7-18-10-16-9-17-18/h1-4,9-10,12H,5-8H2. The fourth-order valence-electron chi connectivity index (χ4n) is 2.42. The van der Waals surface area contributed by atoms with E-state index in [2.05, 4.69) is 10.1 Å². The van der Waals surface area contributed by atoms with Crippen LogP contribution in [0.2, 0.25) is 0 Å². The third-order valence-electron chi connectivity index (χ3n) is 3.48. The minimum absolute atomic E-state index is 0.152. The smallest absolute Gasteiger partial charge is 0.227 e. The molecule has 0 aliphatic carbocycles. The van der Waals surface area contributed by atoms with Gasteiger partial charge < -0.3 is 4.90 Å². The molecule has 1 unspecified atom stereocenters. The first-order valence-corrected chi connectivity index (χ1v) is 7.07. The molecule has 3 rings (SSSR count). The number of alkyl halides is 1. The Morgan fingerprint density at radius 3 is 2.70 bits per heavy atom. The van der Waals surface area contributed by atoms with Crippen molar-refractivity contribution in [3.8, 4) is 0 Å². The number of anilines is 1. The highest BCUT2D eigenvalue weighted by Crippen LogP contribution is 2.26. The van der Waals surface area contributed by atoms with Crippen LogP contribution in [0.5, 0.6) is 0 Å². The van der Waals surface area contributed by atoms with E-state index in [0.717, 1.165) is 11.3 Å². The van der Waals surface area contributed by atoms with Gasteiger partial charge in [-0.05, 0) is 23.6 Å². The summed E-state index contributed by atoms with van der Waals surface area (Å²) in [6.45, 7) is 1.39. The first-order valence-electron chi connectivity index (χ1n) is 6.54. The number of hydrogen-bond donors (Lipinski definition) is 0. The Morgan fingerprint density at radius 1 is 1.30 bits per heavy atom. The molecule has 1 aromatic heterocycles. The quantitative estimate of drug-likeness (QED) is 0.808. The van der Waals surface area contributed by atoms with E-state index in [1.54, 1.807) is 11.0 Å². The van der Waals surface area contributed by atoms with Gasteiger partial charge in [0.1, 0.15) is 12.7 Å². The maximum atomic E-state index is 11.9. The second-order valence-electron chi connectivity index (χ2n) is 4.99. The molecule has 2 heterocycles. The van der Waals surface area contributed by atoms with Crippen LogP contribution in [0.15, 0.2) is 36.9 Å². The van der Waals surface area contributed by atoms with Crippen LogP contribution < -0.4 is 4.90 Å². The number of halogens is 1. The van der Waals surface area contributed by atoms with Gasteiger partial charge in [0.25, 0.3) is 0 Å². The highest BCUT2D eigenvalue weighted by Gasteiger charge is 2.29. The normalized spacial score (nSPS) is 18.8. The molecule has 104 valence electrons. The van der Waals surface area contributed by atoms with Crippen molar-refractivity contribution in [2.24, 2.45) is 5.92 Å². The molecule has 1 aliphatic heterocycles. The first kappa shape index (κ1) is 13.1. The summed E-state index contributed by atoms with van der Waals surface area (Å²) in [6.07, 6.45) is 3.75. The van der Waals surface area contributed by atoms with Gasteiger partial charge in [-0.2, -0.15) is 5.10 Å². The topological polar surface area (TPSA) is 51.0 Å². The maximum Gasteiger partial charge on any atom is 0.227 e. The number of benzene rings is 1. The fourth-order valence-corrected chi connectivity index (χ4v) is 2.62. The lowest BCUT2D eigenvalue weighted by Gasteiger charge is -2.16. The van der Waals surface area contributed by atoms with Gasteiger partial charge in [-0.25, -0.2) is 9.67 Å². The molecule has 20 heavy (non-hydrogen) atoms. The van der Waals surface area contributed by atoms with Crippen molar-refractivity contribution in [3.63, 3.8) is 0 Å². The lowest BCUT2D eigenvalue weighted by Crippen LogP contribution is -2.24. The van der Waals surface area contributed by atoms with Crippen molar-refractivity contribution in [1.29, 1.82) is 0 Å². The Balaban J connectivity index is 1.71. The molecule has 0 bridgehead atoms. The SMILES string of the molecule is O=C1CC(CCl)CN1c1ccc(Cn2cncn2)cc1. The molecule has 1 aromatic carbocycles. The van der Waals surface area contributed by atoms with Crippen LogP contribution in [0.4, 0.5) is 5.69 Å². The van der Waals surface area contributed by atoms with Crippen molar-refractivity contribution < 1.29 is 4.79 Å². The second-order valence-corrected chi connectivity index (χ2v) is 5.30. The van der Waals surface area contributed by atoms with E-state index in [1.165, 1.54) is 6.33 Å². The lowest BCUT2D eigenvalue weighted by molar-refractivity contribution is -0.117. The van der Waals surface area contributed by atoms with Gasteiger partial charge in [-0.3, -0.25) is 4.79 Å². The number of carbonyl (C=O) groups is 1. The van der Waals surface area contributed by atoms with Crippen LogP contribution in [0.1, 0.15) is 12.0 Å².